The molecule has 0 bridgehead atoms. The Labute approximate surface area is 108 Å². The lowest BCUT2D eigenvalue weighted by molar-refractivity contribution is -0.274. The summed E-state index contributed by atoms with van der Waals surface area (Å²) in [7, 11) is 0. The summed E-state index contributed by atoms with van der Waals surface area (Å²) in [6.45, 7) is 0. The van der Waals surface area contributed by atoms with E-state index in [1.165, 1.54) is 12.1 Å². The minimum atomic E-state index is -4.76. The molecule has 1 aromatic carbocycles. The highest BCUT2D eigenvalue weighted by atomic mass is 79.9. The van der Waals surface area contributed by atoms with Gasteiger partial charge in [0.15, 0.2) is 0 Å². The molecular formula is C10H7BrF3NO3. The molecule has 0 spiro atoms. The summed E-state index contributed by atoms with van der Waals surface area (Å²) < 4.78 is 39.8. The van der Waals surface area contributed by atoms with Gasteiger partial charge in [-0.3, -0.25) is 0 Å². The first kappa shape index (κ1) is 14.4. The van der Waals surface area contributed by atoms with Gasteiger partial charge in [-0.05, 0) is 34.1 Å². The zero-order valence-electron chi connectivity index (χ0n) is 8.66. The van der Waals surface area contributed by atoms with Crippen LogP contribution >= 0.6 is 15.9 Å². The van der Waals surface area contributed by atoms with Crippen LogP contribution in [0.15, 0.2) is 34.9 Å². The highest BCUT2D eigenvalue weighted by Gasteiger charge is 2.31. The van der Waals surface area contributed by atoms with Crippen LogP contribution in [0, 0.1) is 0 Å². The SMILES string of the molecule is O=C(O)/C=C/Nc1ccc(OC(F)(F)F)c(Br)c1. The molecule has 4 nitrogen and oxygen atoms in total. The van der Waals surface area contributed by atoms with Gasteiger partial charge in [0.05, 0.1) is 4.47 Å². The summed E-state index contributed by atoms with van der Waals surface area (Å²) in [5, 5.41) is 10.9. The molecule has 0 fully saturated rings. The first-order valence-corrected chi connectivity index (χ1v) is 5.28. The third-order valence-corrected chi connectivity index (χ3v) is 2.25. The Balaban J connectivity index is 2.76. The first-order valence-electron chi connectivity index (χ1n) is 4.49. The summed E-state index contributed by atoms with van der Waals surface area (Å²) in [4.78, 5) is 10.2. The van der Waals surface area contributed by atoms with E-state index in [-0.39, 0.29) is 10.2 Å². The van der Waals surface area contributed by atoms with Crippen LogP contribution in [0.2, 0.25) is 0 Å². The number of nitrogens with one attached hydrogen (secondary N) is 1. The molecule has 0 unspecified atom stereocenters. The number of benzene rings is 1. The lowest BCUT2D eigenvalue weighted by atomic mass is 10.3. The maximum atomic E-state index is 12.0. The molecular weight excluding hydrogens is 319 g/mol. The third-order valence-electron chi connectivity index (χ3n) is 1.63. The molecule has 0 aliphatic heterocycles. The van der Waals surface area contributed by atoms with Crippen molar-refractivity contribution in [3.05, 3.63) is 34.9 Å². The van der Waals surface area contributed by atoms with E-state index in [0.29, 0.717) is 5.69 Å². The number of carbonyl (C=O) groups is 1. The van der Waals surface area contributed by atoms with E-state index in [0.717, 1.165) is 18.3 Å². The Morgan fingerprint density at radius 1 is 1.44 bits per heavy atom. The van der Waals surface area contributed by atoms with Crippen molar-refractivity contribution in [1.29, 1.82) is 0 Å². The molecule has 18 heavy (non-hydrogen) atoms. The second kappa shape index (κ2) is 5.76. The third kappa shape index (κ3) is 5.09. The Morgan fingerprint density at radius 3 is 2.61 bits per heavy atom. The second-order valence-corrected chi connectivity index (χ2v) is 3.86. The molecule has 0 radical (unpaired) electrons. The zero-order chi connectivity index (χ0) is 13.8. The number of carboxylic acid groups (broad SMARTS) is 1. The highest BCUT2D eigenvalue weighted by molar-refractivity contribution is 9.10. The van der Waals surface area contributed by atoms with Gasteiger partial charge in [0.2, 0.25) is 0 Å². The van der Waals surface area contributed by atoms with Gasteiger partial charge in [-0.15, -0.1) is 13.2 Å². The van der Waals surface area contributed by atoms with Gasteiger partial charge >= 0.3 is 12.3 Å². The van der Waals surface area contributed by atoms with Crippen LogP contribution in [0.25, 0.3) is 0 Å². The van der Waals surface area contributed by atoms with Gasteiger partial charge in [0, 0.05) is 18.0 Å². The van der Waals surface area contributed by atoms with Crippen LogP contribution in [0.3, 0.4) is 0 Å². The van der Waals surface area contributed by atoms with Gasteiger partial charge in [0.25, 0.3) is 0 Å². The molecule has 8 heteroatoms. The van der Waals surface area contributed by atoms with Crippen molar-refractivity contribution >= 4 is 27.6 Å². The van der Waals surface area contributed by atoms with Gasteiger partial charge in [0.1, 0.15) is 5.75 Å². The summed E-state index contributed by atoms with van der Waals surface area (Å²) in [6, 6.07) is 3.75. The number of halogens is 4. The predicted octanol–water partition coefficient (Wildman–Crippen LogP) is 3.36. The number of alkyl halides is 3. The predicted molar refractivity (Wildman–Crippen MR) is 61.2 cm³/mol. The van der Waals surface area contributed by atoms with Crippen molar-refractivity contribution in [2.24, 2.45) is 0 Å². The Bertz CT molecular complexity index is 474. The molecule has 1 rings (SSSR count). The number of hydrogen-bond donors (Lipinski definition) is 2. The van der Waals surface area contributed by atoms with E-state index in [9.17, 15) is 18.0 Å². The van der Waals surface area contributed by atoms with Crippen LogP contribution in [0.4, 0.5) is 18.9 Å². The highest BCUT2D eigenvalue weighted by Crippen LogP contribution is 2.32. The number of hydrogen-bond acceptors (Lipinski definition) is 3. The fourth-order valence-electron chi connectivity index (χ4n) is 1.01. The van der Waals surface area contributed by atoms with Crippen molar-refractivity contribution in [3.63, 3.8) is 0 Å². The van der Waals surface area contributed by atoms with E-state index >= 15 is 0 Å². The van der Waals surface area contributed by atoms with Crippen molar-refractivity contribution in [1.82, 2.24) is 0 Å². The Kier molecular flexibility index (Phi) is 4.60. The van der Waals surface area contributed by atoms with E-state index in [1.807, 2.05) is 0 Å². The van der Waals surface area contributed by atoms with Crippen LogP contribution in [-0.4, -0.2) is 17.4 Å². The van der Waals surface area contributed by atoms with Crippen molar-refractivity contribution in [3.8, 4) is 5.75 Å². The number of ether oxygens (including phenoxy) is 1. The average Bonchev–Trinajstić information content (AvgIpc) is 2.19. The average molecular weight is 326 g/mol. The van der Waals surface area contributed by atoms with Gasteiger partial charge < -0.3 is 15.2 Å². The number of aliphatic carboxylic acids is 1. The van der Waals surface area contributed by atoms with Gasteiger partial charge in [-0.25, -0.2) is 4.79 Å². The first-order chi connectivity index (χ1) is 8.28. The van der Waals surface area contributed by atoms with Crippen LogP contribution < -0.4 is 10.1 Å². The summed E-state index contributed by atoms with van der Waals surface area (Å²) >= 11 is 2.92. The van der Waals surface area contributed by atoms with Crippen molar-refractivity contribution in [2.75, 3.05) is 5.32 Å². The quantitative estimate of drug-likeness (QED) is 0.833. The van der Waals surface area contributed by atoms with Crippen LogP contribution in [0.5, 0.6) is 5.75 Å². The fraction of sp³-hybridized carbons (Fsp3) is 0.100. The zero-order valence-corrected chi connectivity index (χ0v) is 10.2. The lowest BCUT2D eigenvalue weighted by Crippen LogP contribution is -2.17. The molecule has 0 heterocycles. The minimum Gasteiger partial charge on any atom is -0.478 e. The molecule has 98 valence electrons. The normalized spacial score (nSPS) is 11.6. The van der Waals surface area contributed by atoms with Crippen molar-refractivity contribution in [2.45, 2.75) is 6.36 Å². The topological polar surface area (TPSA) is 58.6 Å². The maximum Gasteiger partial charge on any atom is 0.573 e. The van der Waals surface area contributed by atoms with Crippen molar-refractivity contribution < 1.29 is 27.8 Å². The standard InChI is InChI=1S/C10H7BrF3NO3/c11-7-5-6(15-4-3-9(16)17)1-2-8(7)18-10(12,13)14/h1-5,15H,(H,16,17)/b4-3+. The second-order valence-electron chi connectivity index (χ2n) is 3.01. The molecule has 0 amide bonds. The molecule has 0 aliphatic rings. The summed E-state index contributed by atoms with van der Waals surface area (Å²) in [6.07, 6.45) is -2.76. The number of rotatable bonds is 4. The molecule has 1 aromatic rings. The monoisotopic (exact) mass is 325 g/mol. The largest absolute Gasteiger partial charge is 0.573 e. The van der Waals surface area contributed by atoms with Crippen LogP contribution in [-0.2, 0) is 4.79 Å². The van der Waals surface area contributed by atoms with E-state index < -0.39 is 12.3 Å². The molecule has 0 atom stereocenters. The maximum absolute atomic E-state index is 12.0. The Hall–Kier alpha value is -1.70. The number of carboxylic acids is 1. The molecule has 0 aromatic heterocycles. The van der Waals surface area contributed by atoms with E-state index in [4.69, 9.17) is 5.11 Å². The summed E-state index contributed by atoms with van der Waals surface area (Å²) in [5.41, 5.74) is 0.411. The molecule has 0 aliphatic carbocycles. The number of anilines is 1. The van der Waals surface area contributed by atoms with Gasteiger partial charge in [-0.2, -0.15) is 0 Å². The van der Waals surface area contributed by atoms with E-state index in [2.05, 4.69) is 26.0 Å². The smallest absolute Gasteiger partial charge is 0.478 e. The molecule has 0 saturated heterocycles. The lowest BCUT2D eigenvalue weighted by Gasteiger charge is -2.11. The van der Waals surface area contributed by atoms with Gasteiger partial charge in [-0.1, -0.05) is 0 Å². The molecule has 0 saturated carbocycles. The van der Waals surface area contributed by atoms with Crippen LogP contribution in [0.1, 0.15) is 0 Å². The Morgan fingerprint density at radius 2 is 2.11 bits per heavy atom. The molecule has 2 N–H and O–H groups in total. The van der Waals surface area contributed by atoms with E-state index in [1.54, 1.807) is 0 Å². The minimum absolute atomic E-state index is 0.0913. The fourth-order valence-corrected chi connectivity index (χ4v) is 1.47. The summed E-state index contributed by atoms with van der Waals surface area (Å²) in [5.74, 6) is -1.52.